The Morgan fingerprint density at radius 3 is 2.57 bits per heavy atom. The van der Waals surface area contributed by atoms with Gasteiger partial charge in [0.2, 0.25) is 0 Å². The van der Waals surface area contributed by atoms with Crippen LogP contribution in [0.4, 0.5) is 0 Å². The molecule has 2 rings (SSSR count). The van der Waals surface area contributed by atoms with Crippen LogP contribution in [0.25, 0.3) is 0 Å². The van der Waals surface area contributed by atoms with E-state index in [-0.39, 0.29) is 6.29 Å². The second-order valence-electron chi connectivity index (χ2n) is 6.97. The van der Waals surface area contributed by atoms with Crippen molar-refractivity contribution in [3.05, 3.63) is 0 Å². The summed E-state index contributed by atoms with van der Waals surface area (Å²) in [6.07, 6.45) is 12.4. The predicted molar refractivity (Wildman–Crippen MR) is 85.1 cm³/mol. The molecule has 1 saturated heterocycles. The van der Waals surface area contributed by atoms with E-state index in [4.69, 9.17) is 9.47 Å². The molecule has 0 aromatic rings. The highest BCUT2D eigenvalue weighted by Crippen LogP contribution is 2.36. The summed E-state index contributed by atoms with van der Waals surface area (Å²) in [5, 5.41) is 9.70. The molecule has 3 nitrogen and oxygen atoms in total. The maximum Gasteiger partial charge on any atom is 0.157 e. The van der Waals surface area contributed by atoms with E-state index in [1.165, 1.54) is 51.4 Å². The zero-order valence-electron chi connectivity index (χ0n) is 13.8. The highest BCUT2D eigenvalue weighted by atomic mass is 16.7. The lowest BCUT2D eigenvalue weighted by Gasteiger charge is -2.33. The van der Waals surface area contributed by atoms with Crippen LogP contribution in [0.5, 0.6) is 0 Å². The van der Waals surface area contributed by atoms with Crippen LogP contribution >= 0.6 is 0 Å². The number of rotatable bonds is 8. The fourth-order valence-electron chi connectivity index (χ4n) is 4.03. The smallest absolute Gasteiger partial charge is 0.157 e. The largest absolute Gasteiger partial charge is 0.396 e. The quantitative estimate of drug-likeness (QED) is 0.732. The molecule has 0 aromatic heterocycles. The topological polar surface area (TPSA) is 38.7 Å². The molecule has 1 aliphatic heterocycles. The van der Waals surface area contributed by atoms with Crippen LogP contribution in [-0.4, -0.2) is 31.2 Å². The summed E-state index contributed by atoms with van der Waals surface area (Å²) in [4.78, 5) is 0. The lowest BCUT2D eigenvalue weighted by Crippen LogP contribution is -2.27. The van der Waals surface area contributed by atoms with Crippen LogP contribution < -0.4 is 0 Å². The van der Waals surface area contributed by atoms with Crippen molar-refractivity contribution < 1.29 is 14.6 Å². The standard InChI is InChI=1S/C18H34O3/c1-2-5-15-7-9-16(10-8-15)17(14-19)11-13-21-18-6-3-4-12-20-18/h15-19H,2-14H2,1H3. The first-order valence-electron chi connectivity index (χ1n) is 9.17. The van der Waals surface area contributed by atoms with Gasteiger partial charge in [0, 0.05) is 13.2 Å². The Bertz CT molecular complexity index is 255. The summed E-state index contributed by atoms with van der Waals surface area (Å²) in [5.74, 6) is 2.08. The molecule has 1 heterocycles. The van der Waals surface area contributed by atoms with E-state index in [0.29, 0.717) is 18.4 Å². The summed E-state index contributed by atoms with van der Waals surface area (Å²) in [7, 11) is 0. The van der Waals surface area contributed by atoms with Gasteiger partial charge in [-0.2, -0.15) is 0 Å². The van der Waals surface area contributed by atoms with Crippen molar-refractivity contribution in [1.82, 2.24) is 0 Å². The van der Waals surface area contributed by atoms with Gasteiger partial charge in [0.15, 0.2) is 6.29 Å². The average Bonchev–Trinajstić information content (AvgIpc) is 2.54. The summed E-state index contributed by atoms with van der Waals surface area (Å²) in [6.45, 7) is 4.19. The zero-order chi connectivity index (χ0) is 14.9. The molecule has 0 spiro atoms. The molecule has 1 aliphatic carbocycles. The van der Waals surface area contributed by atoms with Crippen molar-refractivity contribution in [2.24, 2.45) is 17.8 Å². The van der Waals surface area contributed by atoms with Crippen molar-refractivity contribution in [2.75, 3.05) is 19.8 Å². The summed E-state index contributed by atoms with van der Waals surface area (Å²) in [5.41, 5.74) is 0. The molecular formula is C18H34O3. The first-order chi connectivity index (χ1) is 10.3. The van der Waals surface area contributed by atoms with Gasteiger partial charge < -0.3 is 14.6 Å². The minimum atomic E-state index is 0.0124. The molecule has 3 heteroatoms. The first kappa shape index (κ1) is 17.2. The van der Waals surface area contributed by atoms with Gasteiger partial charge in [-0.3, -0.25) is 0 Å². The molecule has 0 bridgehead atoms. The highest BCUT2D eigenvalue weighted by Gasteiger charge is 2.27. The Kier molecular flexibility index (Phi) is 8.05. The maximum absolute atomic E-state index is 9.70. The normalized spacial score (nSPS) is 32.0. The molecule has 2 aliphatic rings. The van der Waals surface area contributed by atoms with Crippen LogP contribution in [-0.2, 0) is 9.47 Å². The van der Waals surface area contributed by atoms with E-state index in [2.05, 4.69) is 6.92 Å². The number of aliphatic hydroxyl groups excluding tert-OH is 1. The average molecular weight is 298 g/mol. The van der Waals surface area contributed by atoms with Gasteiger partial charge in [0.25, 0.3) is 0 Å². The number of aliphatic hydroxyl groups is 1. The van der Waals surface area contributed by atoms with Crippen molar-refractivity contribution in [3.8, 4) is 0 Å². The van der Waals surface area contributed by atoms with E-state index in [9.17, 15) is 5.11 Å². The van der Waals surface area contributed by atoms with E-state index in [1.54, 1.807) is 0 Å². The Morgan fingerprint density at radius 1 is 1.14 bits per heavy atom. The Hall–Kier alpha value is -0.120. The third kappa shape index (κ3) is 5.88. The molecular weight excluding hydrogens is 264 g/mol. The lowest BCUT2D eigenvalue weighted by atomic mass is 9.74. The second kappa shape index (κ2) is 9.81. The van der Waals surface area contributed by atoms with Gasteiger partial charge in [0.1, 0.15) is 0 Å². The predicted octanol–water partition coefficient (Wildman–Crippen LogP) is 4.13. The van der Waals surface area contributed by atoms with Gasteiger partial charge in [-0.05, 0) is 56.3 Å². The van der Waals surface area contributed by atoms with E-state index in [1.807, 2.05) is 0 Å². The van der Waals surface area contributed by atoms with E-state index < -0.39 is 0 Å². The minimum Gasteiger partial charge on any atom is -0.396 e. The van der Waals surface area contributed by atoms with Gasteiger partial charge in [0.05, 0.1) is 6.61 Å². The molecule has 2 atom stereocenters. The monoisotopic (exact) mass is 298 g/mol. The molecule has 1 N–H and O–H groups in total. The van der Waals surface area contributed by atoms with Crippen molar-refractivity contribution in [2.45, 2.75) is 77.4 Å². The number of hydrogen-bond acceptors (Lipinski definition) is 3. The van der Waals surface area contributed by atoms with Crippen LogP contribution in [0, 0.1) is 17.8 Å². The zero-order valence-corrected chi connectivity index (χ0v) is 13.8. The minimum absolute atomic E-state index is 0.0124. The van der Waals surface area contributed by atoms with E-state index in [0.717, 1.165) is 32.0 Å². The molecule has 2 fully saturated rings. The first-order valence-corrected chi connectivity index (χ1v) is 9.17. The highest BCUT2D eigenvalue weighted by molar-refractivity contribution is 4.77. The third-order valence-electron chi connectivity index (χ3n) is 5.42. The summed E-state index contributed by atoms with van der Waals surface area (Å²) in [6, 6.07) is 0. The maximum atomic E-state index is 9.70. The molecule has 2 unspecified atom stereocenters. The Morgan fingerprint density at radius 2 is 1.95 bits per heavy atom. The molecule has 124 valence electrons. The van der Waals surface area contributed by atoms with Crippen LogP contribution in [0.1, 0.15) is 71.1 Å². The molecule has 21 heavy (non-hydrogen) atoms. The summed E-state index contributed by atoms with van der Waals surface area (Å²) < 4.78 is 11.4. The molecule has 0 radical (unpaired) electrons. The van der Waals surface area contributed by atoms with Crippen molar-refractivity contribution >= 4 is 0 Å². The van der Waals surface area contributed by atoms with Crippen molar-refractivity contribution in [1.29, 1.82) is 0 Å². The molecule has 0 amide bonds. The van der Waals surface area contributed by atoms with Gasteiger partial charge in [-0.25, -0.2) is 0 Å². The second-order valence-corrected chi connectivity index (χ2v) is 6.97. The summed E-state index contributed by atoms with van der Waals surface area (Å²) >= 11 is 0. The lowest BCUT2D eigenvalue weighted by molar-refractivity contribution is -0.165. The molecule has 0 aromatic carbocycles. The van der Waals surface area contributed by atoms with Crippen molar-refractivity contribution in [3.63, 3.8) is 0 Å². The van der Waals surface area contributed by atoms with Crippen LogP contribution in [0.3, 0.4) is 0 Å². The Balaban J connectivity index is 1.63. The van der Waals surface area contributed by atoms with Crippen LogP contribution in [0.15, 0.2) is 0 Å². The Labute approximate surface area is 130 Å². The van der Waals surface area contributed by atoms with Gasteiger partial charge >= 0.3 is 0 Å². The third-order valence-corrected chi connectivity index (χ3v) is 5.42. The number of hydrogen-bond donors (Lipinski definition) is 1. The fourth-order valence-corrected chi connectivity index (χ4v) is 4.03. The van der Waals surface area contributed by atoms with E-state index >= 15 is 0 Å². The number of ether oxygens (including phenoxy) is 2. The van der Waals surface area contributed by atoms with Crippen LogP contribution in [0.2, 0.25) is 0 Å². The SMILES string of the molecule is CCCC1CCC(C(CO)CCOC2CCCCO2)CC1. The molecule has 1 saturated carbocycles. The fraction of sp³-hybridized carbons (Fsp3) is 1.00. The van der Waals surface area contributed by atoms with Gasteiger partial charge in [-0.15, -0.1) is 0 Å². The van der Waals surface area contributed by atoms with Gasteiger partial charge in [-0.1, -0.05) is 32.6 Å².